The largest absolute Gasteiger partial charge is 0.416 e. The molecule has 2 N–H and O–H groups in total. The number of hydrogen-bond donors (Lipinski definition) is 1. The van der Waals surface area contributed by atoms with Crippen LogP contribution in [0.25, 0.3) is 0 Å². The van der Waals surface area contributed by atoms with Crippen molar-refractivity contribution in [2.24, 2.45) is 16.1 Å². The molecule has 2 aromatic carbocycles. The van der Waals surface area contributed by atoms with Crippen LogP contribution < -0.4 is 5.73 Å². The molecule has 13 heteroatoms. The van der Waals surface area contributed by atoms with Crippen molar-refractivity contribution in [3.63, 3.8) is 0 Å². The Hall–Kier alpha value is -3.68. The molecule has 0 bridgehead atoms. The van der Waals surface area contributed by atoms with Crippen molar-refractivity contribution in [3.05, 3.63) is 99.4 Å². The molecule has 1 atom stereocenters. The van der Waals surface area contributed by atoms with Gasteiger partial charge < -0.3 is 5.73 Å². The first-order valence-electron chi connectivity index (χ1n) is 12.4. The van der Waals surface area contributed by atoms with Gasteiger partial charge in [0.25, 0.3) is 0 Å². The molecule has 0 radical (unpaired) electrons. The third-order valence-electron chi connectivity index (χ3n) is 7.15. The Balaban J connectivity index is 1.60. The van der Waals surface area contributed by atoms with Crippen molar-refractivity contribution in [1.29, 1.82) is 0 Å². The third-order valence-corrected chi connectivity index (χ3v) is 9.90. The number of halogens is 4. The second kappa shape index (κ2) is 10.6. The number of aromatic nitrogens is 1. The van der Waals surface area contributed by atoms with Gasteiger partial charge in [-0.05, 0) is 80.1 Å². The number of thiazole rings is 1. The summed E-state index contributed by atoms with van der Waals surface area (Å²) in [4.78, 5) is 23.2. The van der Waals surface area contributed by atoms with E-state index in [0.29, 0.717) is 28.6 Å². The highest BCUT2D eigenvalue weighted by atomic mass is 32.2. The number of rotatable bonds is 5. The lowest BCUT2D eigenvalue weighted by atomic mass is 9.65. The summed E-state index contributed by atoms with van der Waals surface area (Å²) < 4.78 is 81.8. The van der Waals surface area contributed by atoms with Crippen LogP contribution in [0.1, 0.15) is 33.1 Å². The van der Waals surface area contributed by atoms with Crippen molar-refractivity contribution < 1.29 is 30.8 Å². The first-order chi connectivity index (χ1) is 19.3. The predicted octanol–water partition coefficient (Wildman–Crippen LogP) is 5.82. The Morgan fingerprint density at radius 1 is 1.20 bits per heavy atom. The molecule has 5 rings (SSSR count). The van der Waals surface area contributed by atoms with Crippen LogP contribution in [-0.4, -0.2) is 42.3 Å². The first-order valence-corrected chi connectivity index (χ1v) is 14.7. The SMILES string of the molecule is Cc1cnc(C(=O)[C@]23C/C(=C/N)C(=Nc4ccc(F)cc4)C=C2CCN(S(=O)(=O)c2cccc(C(F)(F)F)c2)C3)s1. The number of alkyl halides is 3. The van der Waals surface area contributed by atoms with E-state index >= 15 is 0 Å². The highest BCUT2D eigenvalue weighted by Crippen LogP contribution is 2.48. The summed E-state index contributed by atoms with van der Waals surface area (Å²) in [6.45, 7) is 1.39. The number of Topliss-reactive ketones (excluding diaryl/α,β-unsaturated/α-hetero) is 1. The van der Waals surface area contributed by atoms with Crippen LogP contribution in [0.3, 0.4) is 0 Å². The average molecular weight is 605 g/mol. The number of carbonyl (C=O) groups excluding carboxylic acids is 1. The Morgan fingerprint density at radius 3 is 2.56 bits per heavy atom. The molecule has 7 nitrogen and oxygen atoms in total. The van der Waals surface area contributed by atoms with Crippen LogP contribution in [0, 0.1) is 18.2 Å². The molecule has 2 heterocycles. The van der Waals surface area contributed by atoms with Gasteiger partial charge in [-0.1, -0.05) is 11.6 Å². The Morgan fingerprint density at radius 2 is 1.93 bits per heavy atom. The standard InChI is InChI=1S/C28H24F4N4O3S2/c1-17-15-34-26(40-17)25(37)27-13-18(14-33)24(35-22-7-5-21(29)6-8-22)12-19(27)9-10-36(16-27)41(38,39)23-4-2-3-20(11-23)28(30,31)32/h2-8,11-12,14-15H,9-10,13,16,33H2,1H3/b18-14-,35-24?/t27-/m0/s1. The lowest BCUT2D eigenvalue weighted by Gasteiger charge is -2.45. The number of sulfonamides is 1. The Bertz CT molecular complexity index is 1710. The maximum atomic E-state index is 14.1. The van der Waals surface area contributed by atoms with Crippen LogP contribution in [0.15, 0.2) is 88.0 Å². The van der Waals surface area contributed by atoms with Gasteiger partial charge in [-0.2, -0.15) is 17.5 Å². The van der Waals surface area contributed by atoms with Crippen LogP contribution in [-0.2, 0) is 16.2 Å². The Kier molecular flexibility index (Phi) is 7.47. The first kappa shape index (κ1) is 28.8. The summed E-state index contributed by atoms with van der Waals surface area (Å²) in [5.74, 6) is -0.839. The number of aliphatic imine (C=N–C) groups is 1. The zero-order chi connectivity index (χ0) is 29.6. The van der Waals surface area contributed by atoms with Crippen LogP contribution in [0.5, 0.6) is 0 Å². The second-order valence-corrected chi connectivity index (χ2v) is 13.0. The summed E-state index contributed by atoms with van der Waals surface area (Å²) in [5, 5.41) is 0.182. The highest BCUT2D eigenvalue weighted by molar-refractivity contribution is 7.89. The molecule has 1 aliphatic carbocycles. The number of nitrogens with two attached hydrogens (primary N) is 1. The molecule has 0 amide bonds. The molecule has 0 saturated carbocycles. The maximum Gasteiger partial charge on any atom is 0.416 e. The predicted molar refractivity (Wildman–Crippen MR) is 147 cm³/mol. The van der Waals surface area contributed by atoms with Crippen molar-refractivity contribution in [3.8, 4) is 0 Å². The van der Waals surface area contributed by atoms with Crippen LogP contribution in [0.4, 0.5) is 23.2 Å². The molecular formula is C28H24F4N4O3S2. The normalized spacial score (nSPS) is 22.0. The van der Waals surface area contributed by atoms with Gasteiger partial charge in [0.1, 0.15) is 5.82 Å². The van der Waals surface area contributed by atoms with E-state index in [9.17, 15) is 30.8 Å². The molecule has 1 saturated heterocycles. The van der Waals surface area contributed by atoms with E-state index in [2.05, 4.69) is 9.98 Å². The lowest BCUT2D eigenvalue weighted by molar-refractivity contribution is -0.137. The van der Waals surface area contributed by atoms with Gasteiger partial charge in [-0.25, -0.2) is 22.8 Å². The molecule has 1 fully saturated rings. The van der Waals surface area contributed by atoms with Gasteiger partial charge in [0, 0.05) is 24.2 Å². The van der Waals surface area contributed by atoms with Gasteiger partial charge in [-0.15, -0.1) is 11.3 Å². The van der Waals surface area contributed by atoms with E-state index in [4.69, 9.17) is 5.73 Å². The van der Waals surface area contributed by atoms with Crippen molar-refractivity contribution in [2.45, 2.75) is 30.8 Å². The third kappa shape index (κ3) is 5.48. The number of piperidine rings is 1. The van der Waals surface area contributed by atoms with Gasteiger partial charge in [0.15, 0.2) is 5.01 Å². The van der Waals surface area contributed by atoms with E-state index in [0.717, 1.165) is 27.4 Å². The minimum atomic E-state index is -4.73. The van der Waals surface area contributed by atoms with Gasteiger partial charge in [-0.3, -0.25) is 4.79 Å². The number of aryl methyl sites for hydroxylation is 1. The van der Waals surface area contributed by atoms with Crippen LogP contribution in [0.2, 0.25) is 0 Å². The molecule has 1 aliphatic heterocycles. The van der Waals surface area contributed by atoms with E-state index in [-0.39, 0.29) is 30.9 Å². The molecule has 0 unspecified atom stereocenters. The van der Waals surface area contributed by atoms with Crippen LogP contribution >= 0.6 is 11.3 Å². The molecule has 0 spiro atoms. The smallest absolute Gasteiger partial charge is 0.404 e. The van der Waals surface area contributed by atoms with Crippen molar-refractivity contribution >= 4 is 38.5 Å². The van der Waals surface area contributed by atoms with Crippen molar-refractivity contribution in [1.82, 2.24) is 9.29 Å². The second-order valence-electron chi connectivity index (χ2n) is 9.81. The highest BCUT2D eigenvalue weighted by Gasteiger charge is 2.52. The Labute approximate surface area is 237 Å². The summed E-state index contributed by atoms with van der Waals surface area (Å²) in [6, 6.07) is 9.04. The fourth-order valence-corrected chi connectivity index (χ4v) is 7.42. The average Bonchev–Trinajstić information content (AvgIpc) is 3.38. The molecule has 1 aromatic heterocycles. The van der Waals surface area contributed by atoms with E-state index in [1.807, 2.05) is 0 Å². The summed E-state index contributed by atoms with van der Waals surface area (Å²) in [6.07, 6.45) is -0.0956. The zero-order valence-corrected chi connectivity index (χ0v) is 23.3. The number of hydrogen-bond acceptors (Lipinski definition) is 7. The molecule has 214 valence electrons. The minimum absolute atomic E-state index is 0.0125. The number of benzene rings is 2. The van der Waals surface area contributed by atoms with Gasteiger partial charge in [0.05, 0.1) is 27.3 Å². The van der Waals surface area contributed by atoms with E-state index in [1.165, 1.54) is 41.8 Å². The number of ketones is 1. The fourth-order valence-electron chi connectivity index (χ4n) is 5.07. The quantitative estimate of drug-likeness (QED) is 0.292. The molecule has 3 aromatic rings. The topological polar surface area (TPSA) is 106 Å². The number of fused-ring (bicyclic) bond motifs is 1. The molecule has 2 aliphatic rings. The van der Waals surface area contributed by atoms with Crippen molar-refractivity contribution in [2.75, 3.05) is 13.1 Å². The summed E-state index contributed by atoms with van der Waals surface area (Å²) in [7, 11) is -4.41. The monoisotopic (exact) mass is 604 g/mol. The molecular weight excluding hydrogens is 580 g/mol. The van der Waals surface area contributed by atoms with Gasteiger partial charge in [0.2, 0.25) is 15.8 Å². The fraction of sp³-hybridized carbons (Fsp3) is 0.250. The molecule has 41 heavy (non-hydrogen) atoms. The minimum Gasteiger partial charge on any atom is -0.404 e. The zero-order valence-electron chi connectivity index (χ0n) is 21.7. The number of carbonyl (C=O) groups is 1. The van der Waals surface area contributed by atoms with E-state index < -0.39 is 43.7 Å². The number of allylic oxidation sites excluding steroid dienone is 2. The summed E-state index contributed by atoms with van der Waals surface area (Å²) in [5.41, 5.74) is 5.43. The van der Waals surface area contributed by atoms with Gasteiger partial charge >= 0.3 is 6.18 Å². The van der Waals surface area contributed by atoms with E-state index in [1.54, 1.807) is 19.2 Å². The lowest BCUT2D eigenvalue weighted by Crippen LogP contribution is -2.53. The maximum absolute atomic E-state index is 14.1. The number of nitrogens with zero attached hydrogens (tertiary/aromatic N) is 3. The summed E-state index contributed by atoms with van der Waals surface area (Å²) >= 11 is 1.17.